The number of hydrogen-bond acceptors (Lipinski definition) is 5. The van der Waals surface area contributed by atoms with Gasteiger partial charge in [0.2, 0.25) is 0 Å². The molecule has 3 N–H and O–H groups in total. The van der Waals surface area contributed by atoms with Crippen LogP contribution in [-0.2, 0) is 9.47 Å². The fraction of sp³-hybridized carbons (Fsp3) is 1.00. The zero-order valence-corrected chi connectivity index (χ0v) is 12.0. The number of aliphatic hydroxyl groups excluding tert-OH is 2. The second-order valence-electron chi connectivity index (χ2n) is 5.42. The Morgan fingerprint density at radius 3 is 2.89 bits per heavy atom. The Kier molecular flexibility index (Phi) is 9.38. The topological polar surface area (TPSA) is 71.0 Å². The molecule has 0 aliphatic heterocycles. The molecule has 5 heteroatoms. The maximum absolute atomic E-state index is 9.78. The number of hydrogen-bond donors (Lipinski definition) is 3. The Morgan fingerprint density at radius 2 is 2.16 bits per heavy atom. The van der Waals surface area contributed by atoms with E-state index >= 15 is 0 Å². The molecule has 0 aromatic rings. The molecule has 0 spiro atoms. The van der Waals surface area contributed by atoms with Crippen LogP contribution in [0.1, 0.15) is 32.6 Å². The van der Waals surface area contributed by atoms with Crippen LogP contribution in [0.5, 0.6) is 0 Å². The maximum Gasteiger partial charge on any atom is 0.0897 e. The molecule has 3 atom stereocenters. The summed E-state index contributed by atoms with van der Waals surface area (Å²) >= 11 is 0. The summed E-state index contributed by atoms with van der Waals surface area (Å²) in [5.41, 5.74) is 0. The Morgan fingerprint density at radius 1 is 1.32 bits per heavy atom. The van der Waals surface area contributed by atoms with Crippen LogP contribution in [0.2, 0.25) is 0 Å². The molecule has 0 bridgehead atoms. The fourth-order valence-electron chi connectivity index (χ4n) is 2.42. The lowest BCUT2D eigenvalue weighted by atomic mass is 9.89. The number of aliphatic hydroxyl groups is 2. The first-order valence-electron chi connectivity index (χ1n) is 7.41. The van der Waals surface area contributed by atoms with E-state index in [0.717, 1.165) is 18.8 Å². The third-order valence-corrected chi connectivity index (χ3v) is 3.45. The molecule has 1 rings (SSSR count). The van der Waals surface area contributed by atoms with Crippen LogP contribution in [0, 0.1) is 5.92 Å². The molecular weight excluding hydrogens is 246 g/mol. The molecule has 1 aliphatic rings. The zero-order valence-electron chi connectivity index (χ0n) is 12.0. The van der Waals surface area contributed by atoms with Gasteiger partial charge in [-0.3, -0.25) is 0 Å². The summed E-state index contributed by atoms with van der Waals surface area (Å²) in [5.74, 6) is 0.748. The molecule has 1 aliphatic carbocycles. The molecule has 0 aromatic carbocycles. The summed E-state index contributed by atoms with van der Waals surface area (Å²) in [5, 5.41) is 21.4. The van der Waals surface area contributed by atoms with Gasteiger partial charge in [0.25, 0.3) is 0 Å². The van der Waals surface area contributed by atoms with E-state index in [-0.39, 0.29) is 6.61 Å². The summed E-state index contributed by atoms with van der Waals surface area (Å²) in [6, 6.07) is 0. The highest BCUT2D eigenvalue weighted by Gasteiger charge is 2.20. The van der Waals surface area contributed by atoms with E-state index in [2.05, 4.69) is 12.2 Å². The van der Waals surface area contributed by atoms with Crippen LogP contribution in [0.15, 0.2) is 0 Å². The van der Waals surface area contributed by atoms with Gasteiger partial charge in [-0.15, -0.1) is 0 Å². The average molecular weight is 275 g/mol. The van der Waals surface area contributed by atoms with E-state index in [9.17, 15) is 5.11 Å². The van der Waals surface area contributed by atoms with Crippen LogP contribution in [-0.4, -0.2) is 61.9 Å². The first-order valence-corrected chi connectivity index (χ1v) is 7.41. The second kappa shape index (κ2) is 10.6. The van der Waals surface area contributed by atoms with E-state index < -0.39 is 6.10 Å². The van der Waals surface area contributed by atoms with Crippen molar-refractivity contribution in [3.63, 3.8) is 0 Å². The van der Waals surface area contributed by atoms with Gasteiger partial charge in [0.05, 0.1) is 38.6 Å². The number of rotatable bonds is 10. The van der Waals surface area contributed by atoms with E-state index in [1.165, 1.54) is 12.8 Å². The second-order valence-corrected chi connectivity index (χ2v) is 5.42. The Labute approximate surface area is 116 Å². The minimum absolute atomic E-state index is 0.0519. The zero-order chi connectivity index (χ0) is 13.9. The van der Waals surface area contributed by atoms with Gasteiger partial charge in [0.15, 0.2) is 0 Å². The molecule has 1 fully saturated rings. The smallest absolute Gasteiger partial charge is 0.0897 e. The molecule has 0 aromatic heterocycles. The van der Waals surface area contributed by atoms with E-state index in [0.29, 0.717) is 39.0 Å². The normalized spacial score (nSPS) is 25.4. The van der Waals surface area contributed by atoms with Crippen LogP contribution in [0.3, 0.4) is 0 Å². The van der Waals surface area contributed by atoms with Crippen molar-refractivity contribution in [1.29, 1.82) is 0 Å². The summed E-state index contributed by atoms with van der Waals surface area (Å²) < 4.78 is 10.9. The predicted octanol–water partition coefficient (Wildman–Crippen LogP) is 0.541. The SMILES string of the molecule is C[C@@H]1CCC[C@H](OC[C@@H](O)CNCCOCCO)C1. The van der Waals surface area contributed by atoms with Crippen molar-refractivity contribution in [3.8, 4) is 0 Å². The molecule has 114 valence electrons. The van der Waals surface area contributed by atoms with Crippen molar-refractivity contribution < 1.29 is 19.7 Å². The number of ether oxygens (including phenoxy) is 2. The molecule has 0 amide bonds. The third-order valence-electron chi connectivity index (χ3n) is 3.45. The van der Waals surface area contributed by atoms with Gasteiger partial charge in [0.1, 0.15) is 0 Å². The lowest BCUT2D eigenvalue weighted by Gasteiger charge is -2.27. The quantitative estimate of drug-likeness (QED) is 0.508. The summed E-state index contributed by atoms with van der Waals surface area (Å²) in [7, 11) is 0. The fourth-order valence-corrected chi connectivity index (χ4v) is 2.42. The molecular formula is C14H29NO4. The number of nitrogens with one attached hydrogen (secondary N) is 1. The highest BCUT2D eigenvalue weighted by molar-refractivity contribution is 4.71. The van der Waals surface area contributed by atoms with Crippen LogP contribution >= 0.6 is 0 Å². The standard InChI is InChI=1S/C14H29NO4/c1-12-3-2-4-14(9-12)19-11-13(17)10-15-5-7-18-8-6-16/h12-17H,2-11H2,1H3/t12-,13+,14+/m1/s1. The summed E-state index contributed by atoms with van der Waals surface area (Å²) in [6.07, 6.45) is 4.65. The molecule has 0 unspecified atom stereocenters. The molecule has 19 heavy (non-hydrogen) atoms. The van der Waals surface area contributed by atoms with Crippen molar-refractivity contribution >= 4 is 0 Å². The third kappa shape index (κ3) is 8.55. The lowest BCUT2D eigenvalue weighted by molar-refractivity contribution is -0.0309. The largest absolute Gasteiger partial charge is 0.394 e. The average Bonchev–Trinajstić information content (AvgIpc) is 2.40. The molecule has 0 radical (unpaired) electrons. The van der Waals surface area contributed by atoms with Crippen LogP contribution in [0.4, 0.5) is 0 Å². The van der Waals surface area contributed by atoms with E-state index in [1.54, 1.807) is 0 Å². The Hall–Kier alpha value is -0.200. The monoisotopic (exact) mass is 275 g/mol. The van der Waals surface area contributed by atoms with Gasteiger partial charge >= 0.3 is 0 Å². The molecule has 5 nitrogen and oxygen atoms in total. The summed E-state index contributed by atoms with van der Waals surface area (Å²) in [6.45, 7) is 4.84. The Balaban J connectivity index is 1.94. The van der Waals surface area contributed by atoms with Crippen molar-refractivity contribution in [1.82, 2.24) is 5.32 Å². The van der Waals surface area contributed by atoms with Gasteiger partial charge < -0.3 is 25.0 Å². The lowest BCUT2D eigenvalue weighted by Crippen LogP contribution is -2.34. The van der Waals surface area contributed by atoms with Crippen molar-refractivity contribution in [2.24, 2.45) is 5.92 Å². The Bertz CT molecular complexity index is 216. The van der Waals surface area contributed by atoms with Crippen LogP contribution < -0.4 is 5.32 Å². The van der Waals surface area contributed by atoms with Crippen molar-refractivity contribution in [2.75, 3.05) is 39.5 Å². The van der Waals surface area contributed by atoms with Gasteiger partial charge in [0, 0.05) is 13.1 Å². The molecule has 0 saturated heterocycles. The van der Waals surface area contributed by atoms with Gasteiger partial charge in [-0.1, -0.05) is 19.8 Å². The van der Waals surface area contributed by atoms with Gasteiger partial charge in [-0.05, 0) is 18.8 Å². The van der Waals surface area contributed by atoms with Gasteiger partial charge in [-0.2, -0.15) is 0 Å². The van der Waals surface area contributed by atoms with E-state index in [1.807, 2.05) is 0 Å². The summed E-state index contributed by atoms with van der Waals surface area (Å²) in [4.78, 5) is 0. The first kappa shape index (κ1) is 16.9. The molecule has 1 saturated carbocycles. The highest BCUT2D eigenvalue weighted by Crippen LogP contribution is 2.25. The van der Waals surface area contributed by atoms with Crippen molar-refractivity contribution in [2.45, 2.75) is 44.8 Å². The highest BCUT2D eigenvalue weighted by atomic mass is 16.5. The first-order chi connectivity index (χ1) is 9.22. The van der Waals surface area contributed by atoms with Crippen LogP contribution in [0.25, 0.3) is 0 Å². The molecule has 0 heterocycles. The predicted molar refractivity (Wildman–Crippen MR) is 74.2 cm³/mol. The van der Waals surface area contributed by atoms with E-state index in [4.69, 9.17) is 14.6 Å². The minimum Gasteiger partial charge on any atom is -0.394 e. The minimum atomic E-state index is -0.463. The van der Waals surface area contributed by atoms with Gasteiger partial charge in [-0.25, -0.2) is 0 Å². The maximum atomic E-state index is 9.78. The van der Waals surface area contributed by atoms with Crippen molar-refractivity contribution in [3.05, 3.63) is 0 Å².